The van der Waals surface area contributed by atoms with E-state index in [2.05, 4.69) is 12.2 Å². The van der Waals surface area contributed by atoms with Crippen LogP contribution in [0.2, 0.25) is 0 Å². The van der Waals surface area contributed by atoms with E-state index < -0.39 is 5.82 Å². The Hall–Kier alpha value is -1.26. The summed E-state index contributed by atoms with van der Waals surface area (Å²) < 4.78 is 26.7. The minimum Gasteiger partial charge on any atom is -0.312 e. The predicted molar refractivity (Wildman–Crippen MR) is 71.7 cm³/mol. The number of hydrogen-bond donors (Lipinski definition) is 1. The normalized spacial score (nSPS) is 10.8. The smallest absolute Gasteiger partial charge is 0.132 e. The molecule has 0 spiro atoms. The minimum absolute atomic E-state index is 0.335. The summed E-state index contributed by atoms with van der Waals surface area (Å²) in [6.45, 7) is 3.84. The maximum Gasteiger partial charge on any atom is 0.132 e. The zero-order valence-corrected chi connectivity index (χ0v) is 11.0. The van der Waals surface area contributed by atoms with Crippen LogP contribution in [0.15, 0.2) is 30.3 Å². The summed E-state index contributed by atoms with van der Waals surface area (Å²) >= 11 is 1.49. The van der Waals surface area contributed by atoms with Crippen molar-refractivity contribution in [3.8, 4) is 10.4 Å². The SMILES string of the molecule is CCCNCc1ccc(-c2cc(F)ccc2F)s1. The molecule has 0 saturated carbocycles. The van der Waals surface area contributed by atoms with Gasteiger partial charge in [0.05, 0.1) is 0 Å². The van der Waals surface area contributed by atoms with E-state index in [1.54, 1.807) is 0 Å². The molecular weight excluding hydrogens is 252 g/mol. The van der Waals surface area contributed by atoms with Gasteiger partial charge in [-0.25, -0.2) is 8.78 Å². The summed E-state index contributed by atoms with van der Waals surface area (Å²) in [6.07, 6.45) is 1.08. The fourth-order valence-corrected chi connectivity index (χ4v) is 2.69. The van der Waals surface area contributed by atoms with E-state index in [4.69, 9.17) is 0 Å². The monoisotopic (exact) mass is 267 g/mol. The van der Waals surface area contributed by atoms with Crippen LogP contribution in [0.4, 0.5) is 8.78 Å². The molecule has 0 unspecified atom stereocenters. The summed E-state index contributed by atoms with van der Waals surface area (Å²) in [7, 11) is 0. The van der Waals surface area contributed by atoms with E-state index in [0.29, 0.717) is 5.56 Å². The number of rotatable bonds is 5. The molecule has 1 heterocycles. The van der Waals surface area contributed by atoms with Gasteiger partial charge in [0.25, 0.3) is 0 Å². The topological polar surface area (TPSA) is 12.0 Å². The predicted octanol–water partition coefficient (Wildman–Crippen LogP) is 4.19. The number of benzene rings is 1. The molecule has 0 aliphatic rings. The van der Waals surface area contributed by atoms with Crippen molar-refractivity contribution in [3.05, 3.63) is 46.8 Å². The molecule has 0 amide bonds. The average molecular weight is 267 g/mol. The second-order valence-electron chi connectivity index (χ2n) is 4.07. The molecule has 0 aliphatic heterocycles. The van der Waals surface area contributed by atoms with E-state index >= 15 is 0 Å². The van der Waals surface area contributed by atoms with Crippen LogP contribution in [-0.2, 0) is 6.54 Å². The number of thiophene rings is 1. The molecule has 0 fully saturated rings. The molecule has 2 aromatic rings. The molecule has 96 valence electrons. The minimum atomic E-state index is -0.412. The van der Waals surface area contributed by atoms with E-state index in [-0.39, 0.29) is 5.82 Å². The van der Waals surface area contributed by atoms with Crippen LogP contribution in [-0.4, -0.2) is 6.54 Å². The molecule has 0 aliphatic carbocycles. The molecule has 18 heavy (non-hydrogen) atoms. The molecule has 1 aromatic carbocycles. The average Bonchev–Trinajstić information content (AvgIpc) is 2.81. The highest BCUT2D eigenvalue weighted by atomic mass is 32.1. The zero-order valence-electron chi connectivity index (χ0n) is 10.2. The molecule has 0 bridgehead atoms. The van der Waals surface area contributed by atoms with E-state index in [1.807, 2.05) is 12.1 Å². The molecule has 1 nitrogen and oxygen atoms in total. The van der Waals surface area contributed by atoms with Crippen molar-refractivity contribution in [1.82, 2.24) is 5.32 Å². The number of halogens is 2. The van der Waals surface area contributed by atoms with Gasteiger partial charge in [-0.15, -0.1) is 11.3 Å². The first-order valence-electron chi connectivity index (χ1n) is 5.95. The first-order valence-corrected chi connectivity index (χ1v) is 6.77. The standard InChI is InChI=1S/C14H15F2NS/c1-2-7-17-9-11-4-6-14(18-11)12-8-10(15)3-5-13(12)16/h3-6,8,17H,2,7,9H2,1H3. The van der Waals surface area contributed by atoms with Crippen molar-refractivity contribution >= 4 is 11.3 Å². The van der Waals surface area contributed by atoms with Crippen LogP contribution < -0.4 is 5.32 Å². The summed E-state index contributed by atoms with van der Waals surface area (Å²) in [4.78, 5) is 1.89. The molecule has 1 aromatic heterocycles. The van der Waals surface area contributed by atoms with Crippen LogP contribution in [0.25, 0.3) is 10.4 Å². The fraction of sp³-hybridized carbons (Fsp3) is 0.286. The van der Waals surface area contributed by atoms with E-state index in [9.17, 15) is 8.78 Å². The Labute approximate surface area is 109 Å². The van der Waals surface area contributed by atoms with Crippen LogP contribution in [0, 0.1) is 11.6 Å². The molecule has 1 N–H and O–H groups in total. The van der Waals surface area contributed by atoms with Gasteiger partial charge in [0.2, 0.25) is 0 Å². The summed E-state index contributed by atoms with van der Waals surface area (Å²) in [5.41, 5.74) is 0.335. The maximum absolute atomic E-state index is 13.6. The highest BCUT2D eigenvalue weighted by Gasteiger charge is 2.09. The fourth-order valence-electron chi connectivity index (χ4n) is 1.69. The lowest BCUT2D eigenvalue weighted by molar-refractivity contribution is 0.603. The molecule has 0 radical (unpaired) electrons. The van der Waals surface area contributed by atoms with Gasteiger partial charge in [0.1, 0.15) is 11.6 Å². The van der Waals surface area contributed by atoms with Crippen LogP contribution >= 0.6 is 11.3 Å². The van der Waals surface area contributed by atoms with Gasteiger partial charge in [0.15, 0.2) is 0 Å². The van der Waals surface area contributed by atoms with Crippen LogP contribution in [0.1, 0.15) is 18.2 Å². The molecule has 2 rings (SSSR count). The van der Waals surface area contributed by atoms with Gasteiger partial charge < -0.3 is 5.32 Å². The lowest BCUT2D eigenvalue weighted by Crippen LogP contribution is -2.12. The highest BCUT2D eigenvalue weighted by molar-refractivity contribution is 7.15. The second-order valence-corrected chi connectivity index (χ2v) is 5.24. The van der Waals surface area contributed by atoms with Crippen molar-refractivity contribution in [2.24, 2.45) is 0 Å². The van der Waals surface area contributed by atoms with Gasteiger partial charge in [-0.05, 0) is 43.3 Å². The summed E-state index contributed by atoms with van der Waals surface area (Å²) in [5.74, 6) is -0.795. The Kier molecular flexibility index (Phi) is 4.44. The highest BCUT2D eigenvalue weighted by Crippen LogP contribution is 2.30. The number of hydrogen-bond acceptors (Lipinski definition) is 2. The van der Waals surface area contributed by atoms with Gasteiger partial charge in [-0.2, -0.15) is 0 Å². The van der Waals surface area contributed by atoms with E-state index in [0.717, 1.165) is 35.3 Å². The Balaban J connectivity index is 2.16. The maximum atomic E-state index is 13.6. The third-order valence-electron chi connectivity index (χ3n) is 2.58. The second kappa shape index (κ2) is 6.07. The van der Waals surface area contributed by atoms with Crippen LogP contribution in [0.3, 0.4) is 0 Å². The lowest BCUT2D eigenvalue weighted by Gasteiger charge is -2.01. The Morgan fingerprint density at radius 3 is 2.78 bits per heavy atom. The molecular formula is C14H15F2NS. The zero-order chi connectivity index (χ0) is 13.0. The lowest BCUT2D eigenvalue weighted by atomic mass is 10.2. The van der Waals surface area contributed by atoms with Crippen molar-refractivity contribution in [3.63, 3.8) is 0 Å². The molecule has 4 heteroatoms. The first kappa shape index (κ1) is 13.2. The first-order chi connectivity index (χ1) is 8.70. The Morgan fingerprint density at radius 2 is 2.00 bits per heavy atom. The van der Waals surface area contributed by atoms with Gasteiger partial charge in [-0.1, -0.05) is 6.92 Å². The van der Waals surface area contributed by atoms with Crippen molar-refractivity contribution in [1.29, 1.82) is 0 Å². The van der Waals surface area contributed by atoms with Gasteiger partial charge in [-0.3, -0.25) is 0 Å². The summed E-state index contributed by atoms with van der Waals surface area (Å²) in [6, 6.07) is 7.33. The Morgan fingerprint density at radius 1 is 1.17 bits per heavy atom. The van der Waals surface area contributed by atoms with Gasteiger partial charge >= 0.3 is 0 Å². The van der Waals surface area contributed by atoms with Crippen molar-refractivity contribution < 1.29 is 8.78 Å². The van der Waals surface area contributed by atoms with E-state index in [1.165, 1.54) is 23.5 Å². The Bertz CT molecular complexity index is 522. The third kappa shape index (κ3) is 3.15. The summed E-state index contributed by atoms with van der Waals surface area (Å²) in [5, 5.41) is 3.28. The number of nitrogens with one attached hydrogen (secondary N) is 1. The van der Waals surface area contributed by atoms with Crippen LogP contribution in [0.5, 0.6) is 0 Å². The van der Waals surface area contributed by atoms with Gasteiger partial charge in [0, 0.05) is 21.9 Å². The molecule has 0 atom stereocenters. The third-order valence-corrected chi connectivity index (χ3v) is 3.70. The van der Waals surface area contributed by atoms with Crippen molar-refractivity contribution in [2.75, 3.05) is 6.54 Å². The largest absolute Gasteiger partial charge is 0.312 e. The van der Waals surface area contributed by atoms with Crippen molar-refractivity contribution in [2.45, 2.75) is 19.9 Å². The quantitative estimate of drug-likeness (QED) is 0.801. The molecule has 0 saturated heterocycles.